The molecule has 1 N–H and O–H groups in total. The third-order valence-corrected chi connectivity index (χ3v) is 5.17. The highest BCUT2D eigenvalue weighted by molar-refractivity contribution is 7.91. The Morgan fingerprint density at radius 3 is 2.76 bits per heavy atom. The molecule has 0 unspecified atom stereocenters. The first-order chi connectivity index (χ1) is 9.95. The highest BCUT2D eigenvalue weighted by Crippen LogP contribution is 2.19. The van der Waals surface area contributed by atoms with Gasteiger partial charge in [0.1, 0.15) is 0 Å². The van der Waals surface area contributed by atoms with Gasteiger partial charge in [-0.1, -0.05) is 19.1 Å². The molecular weight excluding hydrogens is 292 g/mol. The predicted molar refractivity (Wildman–Crippen MR) is 77.7 cm³/mol. The molecule has 0 radical (unpaired) electrons. The summed E-state index contributed by atoms with van der Waals surface area (Å²) >= 11 is 0. The fourth-order valence-electron chi connectivity index (χ4n) is 2.22. The minimum atomic E-state index is -3.48. The van der Waals surface area contributed by atoms with Crippen molar-refractivity contribution in [2.24, 2.45) is 0 Å². The number of hydrogen-bond donors (Lipinski definition) is 1. The molecule has 1 saturated heterocycles. The molecule has 0 aromatic heterocycles. The average Bonchev–Trinajstić information content (AvgIpc) is 2.71. The van der Waals surface area contributed by atoms with Crippen LogP contribution in [0.4, 0.5) is 0 Å². The van der Waals surface area contributed by atoms with Crippen LogP contribution in [0.15, 0.2) is 29.2 Å². The van der Waals surface area contributed by atoms with E-state index in [2.05, 4.69) is 5.32 Å². The first-order valence-corrected chi connectivity index (χ1v) is 8.48. The second-order valence-electron chi connectivity index (χ2n) is 4.83. The minimum Gasteiger partial charge on any atom is -0.354 e. The number of carbonyl (C=O) groups excluding carboxylic acids is 2. The molecule has 0 bridgehead atoms. The number of sulfone groups is 1. The van der Waals surface area contributed by atoms with E-state index in [9.17, 15) is 18.0 Å². The van der Waals surface area contributed by atoms with Gasteiger partial charge in [-0.15, -0.1) is 0 Å². The van der Waals surface area contributed by atoms with Crippen molar-refractivity contribution in [3.8, 4) is 0 Å². The van der Waals surface area contributed by atoms with Crippen molar-refractivity contribution < 1.29 is 18.0 Å². The highest BCUT2D eigenvalue weighted by atomic mass is 32.2. The minimum absolute atomic E-state index is 0.0298. The quantitative estimate of drug-likeness (QED) is 0.878. The van der Waals surface area contributed by atoms with Gasteiger partial charge in [0.05, 0.1) is 22.8 Å². The summed E-state index contributed by atoms with van der Waals surface area (Å²) in [6.45, 7) is 2.45. The molecule has 0 spiro atoms. The van der Waals surface area contributed by atoms with Gasteiger partial charge in [0.15, 0.2) is 9.84 Å². The van der Waals surface area contributed by atoms with Gasteiger partial charge in [-0.05, 0) is 18.6 Å². The maximum absolute atomic E-state index is 12.6. The summed E-state index contributed by atoms with van der Waals surface area (Å²) in [5.41, 5.74) is 0.133. The Kier molecular flexibility index (Phi) is 4.62. The van der Waals surface area contributed by atoms with E-state index in [0.717, 1.165) is 0 Å². The molecule has 1 aliphatic heterocycles. The van der Waals surface area contributed by atoms with Crippen LogP contribution in [0, 0.1) is 0 Å². The van der Waals surface area contributed by atoms with Gasteiger partial charge in [0.25, 0.3) is 5.91 Å². The number of benzene rings is 1. The van der Waals surface area contributed by atoms with Crippen LogP contribution in [0.3, 0.4) is 0 Å². The summed E-state index contributed by atoms with van der Waals surface area (Å²) in [6, 6.07) is 6.14. The molecule has 7 heteroatoms. The van der Waals surface area contributed by atoms with Gasteiger partial charge < -0.3 is 10.2 Å². The third kappa shape index (κ3) is 3.41. The first-order valence-electron chi connectivity index (χ1n) is 6.83. The number of nitrogens with zero attached hydrogens (tertiary/aromatic N) is 1. The molecule has 2 amide bonds. The van der Waals surface area contributed by atoms with E-state index in [4.69, 9.17) is 0 Å². The lowest BCUT2D eigenvalue weighted by molar-refractivity contribution is -0.121. The van der Waals surface area contributed by atoms with Crippen molar-refractivity contribution in [1.82, 2.24) is 10.2 Å². The van der Waals surface area contributed by atoms with Crippen LogP contribution in [-0.2, 0) is 14.6 Å². The van der Waals surface area contributed by atoms with E-state index in [1.54, 1.807) is 12.1 Å². The number of carbonyl (C=O) groups is 2. The Balaban J connectivity index is 2.37. The van der Waals surface area contributed by atoms with Crippen LogP contribution < -0.4 is 5.32 Å². The van der Waals surface area contributed by atoms with E-state index in [-0.39, 0.29) is 28.7 Å². The standard InChI is InChI=1S/C14H18N2O4S/c1-2-21(19,20)12-7-4-3-6-11(12)14(18)16-9-5-8-15-13(17)10-16/h3-4,6-7H,2,5,8-10H2,1H3,(H,15,17). The largest absolute Gasteiger partial charge is 0.354 e. The molecule has 0 aliphatic carbocycles. The summed E-state index contributed by atoms with van der Waals surface area (Å²) in [4.78, 5) is 25.5. The van der Waals surface area contributed by atoms with Crippen LogP contribution in [0.2, 0.25) is 0 Å². The second kappa shape index (κ2) is 6.26. The van der Waals surface area contributed by atoms with Crippen LogP contribution in [-0.4, -0.2) is 50.5 Å². The number of nitrogens with one attached hydrogen (secondary N) is 1. The predicted octanol–water partition coefficient (Wildman–Crippen LogP) is 0.442. The molecule has 114 valence electrons. The van der Waals surface area contributed by atoms with Crippen molar-refractivity contribution in [3.05, 3.63) is 29.8 Å². The van der Waals surface area contributed by atoms with Crippen LogP contribution in [0.5, 0.6) is 0 Å². The van der Waals surface area contributed by atoms with E-state index in [1.807, 2.05) is 0 Å². The Labute approximate surface area is 124 Å². The molecule has 6 nitrogen and oxygen atoms in total. The summed E-state index contributed by atoms with van der Waals surface area (Å²) in [7, 11) is -3.48. The Hall–Kier alpha value is -1.89. The van der Waals surface area contributed by atoms with Crippen molar-refractivity contribution >= 4 is 21.7 Å². The number of rotatable bonds is 3. The van der Waals surface area contributed by atoms with Crippen LogP contribution >= 0.6 is 0 Å². The summed E-state index contributed by atoms with van der Waals surface area (Å²) in [5.74, 6) is -0.714. The zero-order valence-corrected chi connectivity index (χ0v) is 12.6. The van der Waals surface area contributed by atoms with Crippen molar-refractivity contribution in [1.29, 1.82) is 0 Å². The Morgan fingerprint density at radius 1 is 1.33 bits per heavy atom. The topological polar surface area (TPSA) is 83.6 Å². The molecular formula is C14H18N2O4S. The Bertz CT molecular complexity index is 655. The SMILES string of the molecule is CCS(=O)(=O)c1ccccc1C(=O)N1CCCNC(=O)C1. The van der Waals surface area contributed by atoms with E-state index >= 15 is 0 Å². The average molecular weight is 310 g/mol. The van der Waals surface area contributed by atoms with Gasteiger partial charge >= 0.3 is 0 Å². The molecule has 1 fully saturated rings. The fourth-order valence-corrected chi connectivity index (χ4v) is 3.31. The van der Waals surface area contributed by atoms with Crippen molar-refractivity contribution in [2.45, 2.75) is 18.2 Å². The molecule has 1 aromatic carbocycles. The zero-order chi connectivity index (χ0) is 15.5. The van der Waals surface area contributed by atoms with Crippen LogP contribution in [0.25, 0.3) is 0 Å². The second-order valence-corrected chi connectivity index (χ2v) is 7.08. The van der Waals surface area contributed by atoms with Crippen molar-refractivity contribution in [3.63, 3.8) is 0 Å². The molecule has 1 aliphatic rings. The molecule has 2 rings (SSSR count). The lowest BCUT2D eigenvalue weighted by Gasteiger charge is -2.20. The summed E-state index contributed by atoms with van der Waals surface area (Å²) < 4.78 is 24.2. The normalized spacial score (nSPS) is 16.2. The van der Waals surface area contributed by atoms with Crippen molar-refractivity contribution in [2.75, 3.05) is 25.4 Å². The molecule has 1 heterocycles. The fraction of sp³-hybridized carbons (Fsp3) is 0.429. The van der Waals surface area contributed by atoms with Gasteiger partial charge in [-0.3, -0.25) is 9.59 Å². The summed E-state index contributed by atoms with van der Waals surface area (Å²) in [5, 5.41) is 2.69. The monoisotopic (exact) mass is 310 g/mol. The first kappa shape index (κ1) is 15.5. The van der Waals surface area contributed by atoms with E-state index in [1.165, 1.54) is 24.0 Å². The van der Waals surface area contributed by atoms with E-state index < -0.39 is 15.7 Å². The number of hydrogen-bond acceptors (Lipinski definition) is 4. The maximum Gasteiger partial charge on any atom is 0.255 e. The maximum atomic E-state index is 12.6. The van der Waals surface area contributed by atoms with Gasteiger partial charge in [-0.25, -0.2) is 8.42 Å². The molecule has 1 aromatic rings. The highest BCUT2D eigenvalue weighted by Gasteiger charge is 2.26. The number of amides is 2. The summed E-state index contributed by atoms with van der Waals surface area (Å²) in [6.07, 6.45) is 0.653. The lowest BCUT2D eigenvalue weighted by atomic mass is 10.2. The van der Waals surface area contributed by atoms with E-state index in [0.29, 0.717) is 19.5 Å². The molecule has 0 atom stereocenters. The smallest absolute Gasteiger partial charge is 0.255 e. The van der Waals surface area contributed by atoms with Gasteiger partial charge in [0.2, 0.25) is 5.91 Å². The molecule has 21 heavy (non-hydrogen) atoms. The van der Waals surface area contributed by atoms with Crippen LogP contribution in [0.1, 0.15) is 23.7 Å². The third-order valence-electron chi connectivity index (χ3n) is 3.38. The lowest BCUT2D eigenvalue weighted by Crippen LogP contribution is -2.38. The van der Waals surface area contributed by atoms with Gasteiger partial charge in [-0.2, -0.15) is 0 Å². The zero-order valence-electron chi connectivity index (χ0n) is 11.8. The van der Waals surface area contributed by atoms with Gasteiger partial charge in [0, 0.05) is 13.1 Å². The molecule has 0 saturated carbocycles. The Morgan fingerprint density at radius 2 is 2.05 bits per heavy atom.